The van der Waals surface area contributed by atoms with Crippen LogP contribution in [0.4, 0.5) is 0 Å². The van der Waals surface area contributed by atoms with Crippen LogP contribution in [0.5, 0.6) is 0 Å². The first-order valence-corrected chi connectivity index (χ1v) is 11.7. The predicted molar refractivity (Wildman–Crippen MR) is 118 cm³/mol. The van der Waals surface area contributed by atoms with Crippen LogP contribution in [0.3, 0.4) is 0 Å². The van der Waals surface area contributed by atoms with Crippen molar-refractivity contribution in [2.24, 2.45) is 0 Å². The van der Waals surface area contributed by atoms with Crippen LogP contribution < -0.4 is 5.32 Å². The van der Waals surface area contributed by atoms with Gasteiger partial charge in [-0.1, -0.05) is 19.3 Å². The first-order chi connectivity index (χ1) is 15.6. The summed E-state index contributed by atoms with van der Waals surface area (Å²) in [5, 5.41) is 3.16. The minimum absolute atomic E-state index is 0.0833. The standard InChI is InChI=1S/C25H29N3O4/c29-23(26-18-6-4-12-27(15-18)19-7-2-1-3-8-19)17-10-11-21-22(14-17)25(31)28(24(21)30)16-20-9-5-13-32-20/h5,9-11,13-14,18-19H,1-4,6-8,12,15-16H2,(H,26,29). The van der Waals surface area contributed by atoms with Gasteiger partial charge in [-0.25, -0.2) is 0 Å². The number of imide groups is 1. The Morgan fingerprint density at radius 3 is 2.59 bits per heavy atom. The van der Waals surface area contributed by atoms with Gasteiger partial charge in [0.1, 0.15) is 5.76 Å². The van der Waals surface area contributed by atoms with Crippen LogP contribution in [-0.4, -0.2) is 52.7 Å². The predicted octanol–water partition coefficient (Wildman–Crippen LogP) is 3.60. The number of hydrogen-bond acceptors (Lipinski definition) is 5. The molecule has 168 valence electrons. The fraction of sp³-hybridized carbons (Fsp3) is 0.480. The molecule has 1 aromatic heterocycles. The molecule has 3 heterocycles. The summed E-state index contributed by atoms with van der Waals surface area (Å²) in [6.07, 6.45) is 10.0. The second-order valence-corrected chi connectivity index (χ2v) is 9.14. The Kier molecular flexibility index (Phi) is 5.83. The second kappa shape index (κ2) is 8.90. The highest BCUT2D eigenvalue weighted by atomic mass is 16.3. The van der Waals surface area contributed by atoms with E-state index in [-0.39, 0.29) is 30.0 Å². The molecule has 2 fully saturated rings. The van der Waals surface area contributed by atoms with E-state index in [2.05, 4.69) is 10.2 Å². The molecule has 1 aromatic carbocycles. The quantitative estimate of drug-likeness (QED) is 0.726. The number of benzene rings is 1. The molecule has 1 saturated heterocycles. The Labute approximate surface area is 187 Å². The summed E-state index contributed by atoms with van der Waals surface area (Å²) in [5.74, 6) is -0.397. The summed E-state index contributed by atoms with van der Waals surface area (Å²) in [4.78, 5) is 42.2. The summed E-state index contributed by atoms with van der Waals surface area (Å²) in [7, 11) is 0. The summed E-state index contributed by atoms with van der Waals surface area (Å²) < 4.78 is 5.28. The lowest BCUT2D eigenvalue weighted by molar-refractivity contribution is 0.0631. The van der Waals surface area contributed by atoms with Crippen molar-refractivity contribution in [2.45, 2.75) is 63.6 Å². The minimum Gasteiger partial charge on any atom is -0.467 e. The number of hydrogen-bond donors (Lipinski definition) is 1. The molecule has 0 bridgehead atoms. The number of amides is 3. The van der Waals surface area contributed by atoms with Crippen molar-refractivity contribution in [2.75, 3.05) is 13.1 Å². The zero-order chi connectivity index (χ0) is 22.1. The van der Waals surface area contributed by atoms with E-state index < -0.39 is 5.91 Å². The highest BCUT2D eigenvalue weighted by Gasteiger charge is 2.36. The van der Waals surface area contributed by atoms with Gasteiger partial charge < -0.3 is 9.73 Å². The first-order valence-electron chi connectivity index (χ1n) is 11.7. The number of fused-ring (bicyclic) bond motifs is 1. The van der Waals surface area contributed by atoms with Crippen molar-refractivity contribution in [3.05, 3.63) is 59.0 Å². The zero-order valence-corrected chi connectivity index (χ0v) is 18.2. The molecular weight excluding hydrogens is 406 g/mol. The van der Waals surface area contributed by atoms with Crippen molar-refractivity contribution in [3.63, 3.8) is 0 Å². The normalized spacial score (nSPS) is 22.2. The number of carbonyl (C=O) groups is 3. The van der Waals surface area contributed by atoms with E-state index in [0.717, 1.165) is 30.8 Å². The van der Waals surface area contributed by atoms with Gasteiger partial charge in [0.05, 0.1) is 23.9 Å². The summed E-state index contributed by atoms with van der Waals surface area (Å²) >= 11 is 0. The lowest BCUT2D eigenvalue weighted by atomic mass is 9.92. The third-order valence-electron chi connectivity index (χ3n) is 7.01. The maximum absolute atomic E-state index is 13.0. The topological polar surface area (TPSA) is 82.9 Å². The average Bonchev–Trinajstić information content (AvgIpc) is 3.42. The van der Waals surface area contributed by atoms with Gasteiger partial charge in [0.25, 0.3) is 17.7 Å². The van der Waals surface area contributed by atoms with Gasteiger partial charge in [-0.05, 0) is 62.6 Å². The van der Waals surface area contributed by atoms with Gasteiger partial charge in [0.15, 0.2) is 0 Å². The number of nitrogens with zero attached hydrogens (tertiary/aromatic N) is 2. The molecule has 3 amide bonds. The smallest absolute Gasteiger partial charge is 0.261 e. The molecule has 1 N–H and O–H groups in total. The van der Waals surface area contributed by atoms with Crippen molar-refractivity contribution in [1.82, 2.24) is 15.1 Å². The van der Waals surface area contributed by atoms with Gasteiger partial charge in [-0.15, -0.1) is 0 Å². The van der Waals surface area contributed by atoms with E-state index in [0.29, 0.717) is 22.9 Å². The SMILES string of the molecule is O=C(NC1CCCN(C2CCCCC2)C1)c1ccc2c(c1)C(=O)N(Cc1ccco1)C2=O. The first kappa shape index (κ1) is 20.9. The van der Waals surface area contributed by atoms with Crippen LogP contribution >= 0.6 is 0 Å². The molecule has 0 spiro atoms. The average molecular weight is 436 g/mol. The van der Waals surface area contributed by atoms with Crippen molar-refractivity contribution < 1.29 is 18.8 Å². The van der Waals surface area contributed by atoms with E-state index in [1.165, 1.54) is 38.4 Å². The third kappa shape index (κ3) is 4.09. The number of piperidine rings is 1. The molecule has 1 unspecified atom stereocenters. The van der Waals surface area contributed by atoms with Gasteiger partial charge in [-0.2, -0.15) is 0 Å². The second-order valence-electron chi connectivity index (χ2n) is 9.14. The molecule has 1 atom stereocenters. The number of rotatable bonds is 5. The minimum atomic E-state index is -0.391. The van der Waals surface area contributed by atoms with Crippen LogP contribution in [0, 0.1) is 0 Å². The molecule has 7 heteroatoms. The van der Waals surface area contributed by atoms with E-state index in [4.69, 9.17) is 4.42 Å². The molecule has 2 aromatic rings. The summed E-state index contributed by atoms with van der Waals surface area (Å²) in [5.41, 5.74) is 1.03. The van der Waals surface area contributed by atoms with Crippen molar-refractivity contribution in [3.8, 4) is 0 Å². The van der Waals surface area contributed by atoms with E-state index in [1.807, 2.05) is 0 Å². The van der Waals surface area contributed by atoms with Gasteiger partial charge in [-0.3, -0.25) is 24.2 Å². The fourth-order valence-corrected chi connectivity index (χ4v) is 5.30. The van der Waals surface area contributed by atoms with Crippen molar-refractivity contribution >= 4 is 17.7 Å². The summed E-state index contributed by atoms with van der Waals surface area (Å²) in [6.45, 7) is 2.08. The summed E-state index contributed by atoms with van der Waals surface area (Å²) in [6, 6.07) is 8.97. The molecule has 7 nitrogen and oxygen atoms in total. The van der Waals surface area contributed by atoms with Crippen LogP contribution in [0.15, 0.2) is 41.0 Å². The molecule has 5 rings (SSSR count). The lowest BCUT2D eigenvalue weighted by Crippen LogP contribution is -2.51. The maximum Gasteiger partial charge on any atom is 0.261 e. The van der Waals surface area contributed by atoms with Crippen LogP contribution in [0.2, 0.25) is 0 Å². The molecular formula is C25H29N3O4. The van der Waals surface area contributed by atoms with E-state index in [1.54, 1.807) is 30.3 Å². The Hall–Kier alpha value is -2.93. The van der Waals surface area contributed by atoms with Crippen molar-refractivity contribution in [1.29, 1.82) is 0 Å². The highest BCUT2D eigenvalue weighted by Crippen LogP contribution is 2.27. The molecule has 1 aliphatic carbocycles. The Balaban J connectivity index is 1.25. The number of furan rings is 1. The fourth-order valence-electron chi connectivity index (χ4n) is 5.30. The number of likely N-dealkylation sites (tertiary alicyclic amines) is 1. The van der Waals surface area contributed by atoms with Gasteiger partial charge >= 0.3 is 0 Å². The van der Waals surface area contributed by atoms with Gasteiger partial charge in [0.2, 0.25) is 0 Å². The monoisotopic (exact) mass is 435 g/mol. The van der Waals surface area contributed by atoms with E-state index in [9.17, 15) is 14.4 Å². The molecule has 2 aliphatic heterocycles. The largest absolute Gasteiger partial charge is 0.467 e. The molecule has 1 saturated carbocycles. The third-order valence-corrected chi connectivity index (χ3v) is 7.01. The van der Waals surface area contributed by atoms with Crippen LogP contribution in [0.25, 0.3) is 0 Å². The zero-order valence-electron chi connectivity index (χ0n) is 18.2. The highest BCUT2D eigenvalue weighted by molar-refractivity contribution is 6.22. The number of nitrogens with one attached hydrogen (secondary N) is 1. The van der Waals surface area contributed by atoms with Crippen LogP contribution in [-0.2, 0) is 6.54 Å². The van der Waals surface area contributed by atoms with E-state index >= 15 is 0 Å². The Bertz CT molecular complexity index is 1010. The Morgan fingerprint density at radius 1 is 1.00 bits per heavy atom. The molecule has 32 heavy (non-hydrogen) atoms. The number of carbonyl (C=O) groups excluding carboxylic acids is 3. The van der Waals surface area contributed by atoms with Gasteiger partial charge in [0, 0.05) is 24.2 Å². The molecule has 3 aliphatic rings. The molecule has 0 radical (unpaired) electrons. The lowest BCUT2D eigenvalue weighted by Gasteiger charge is -2.40. The van der Waals surface area contributed by atoms with Crippen LogP contribution in [0.1, 0.15) is 81.8 Å². The maximum atomic E-state index is 13.0. The Morgan fingerprint density at radius 2 is 1.81 bits per heavy atom.